The van der Waals surface area contributed by atoms with Gasteiger partial charge in [-0.2, -0.15) is 0 Å². The quantitative estimate of drug-likeness (QED) is 0.625. The highest BCUT2D eigenvalue weighted by molar-refractivity contribution is 7.14. The minimum atomic E-state index is 0.00380. The molecule has 108 valence electrons. The second-order valence-electron chi connectivity index (χ2n) is 5.24. The lowest BCUT2D eigenvalue weighted by Crippen LogP contribution is -2.23. The molecular weight excluding hydrogens is 270 g/mol. The maximum absolute atomic E-state index is 12.0. The fourth-order valence-corrected chi connectivity index (χ4v) is 2.97. The summed E-state index contributed by atoms with van der Waals surface area (Å²) in [7, 11) is 0. The van der Waals surface area contributed by atoms with Crippen LogP contribution >= 0.6 is 11.3 Å². The average Bonchev–Trinajstić information content (AvgIpc) is 3.18. The van der Waals surface area contributed by atoms with Gasteiger partial charge in [0.2, 0.25) is 0 Å². The van der Waals surface area contributed by atoms with Crippen LogP contribution in [0.5, 0.6) is 0 Å². The molecule has 1 fully saturated rings. The van der Waals surface area contributed by atoms with Gasteiger partial charge in [0.15, 0.2) is 0 Å². The van der Waals surface area contributed by atoms with Crippen molar-refractivity contribution < 1.29 is 9.90 Å². The number of aliphatic hydroxyl groups is 1. The Hall–Kier alpha value is -1.31. The molecule has 1 aromatic heterocycles. The van der Waals surface area contributed by atoms with Gasteiger partial charge in [-0.1, -0.05) is 24.7 Å². The highest BCUT2D eigenvalue weighted by atomic mass is 32.1. The summed E-state index contributed by atoms with van der Waals surface area (Å²) in [5, 5.41) is 11.7. The van der Waals surface area contributed by atoms with E-state index in [2.05, 4.69) is 17.2 Å². The topological polar surface area (TPSA) is 49.3 Å². The Morgan fingerprint density at radius 1 is 1.55 bits per heavy atom. The molecular formula is C16H21NO2S. The van der Waals surface area contributed by atoms with E-state index in [4.69, 9.17) is 5.11 Å². The third kappa shape index (κ3) is 4.66. The van der Waals surface area contributed by atoms with Gasteiger partial charge in [-0.15, -0.1) is 11.3 Å². The summed E-state index contributed by atoms with van der Waals surface area (Å²) < 4.78 is 0. The molecule has 1 aliphatic rings. The number of carbonyl (C=O) groups is 1. The molecule has 1 heterocycles. The SMILES string of the molecule is Cc1cc(C(=O)NCCCC2CC2)sc1C#CCCO. The fraction of sp³-hybridized carbons (Fsp3) is 0.562. The number of hydrogen-bond acceptors (Lipinski definition) is 3. The molecule has 2 rings (SSSR count). The zero-order chi connectivity index (χ0) is 14.4. The summed E-state index contributed by atoms with van der Waals surface area (Å²) in [6.07, 6.45) is 5.52. The summed E-state index contributed by atoms with van der Waals surface area (Å²) in [5.41, 5.74) is 1.03. The molecule has 3 nitrogen and oxygen atoms in total. The molecule has 0 radical (unpaired) electrons. The van der Waals surface area contributed by atoms with Gasteiger partial charge in [0, 0.05) is 13.0 Å². The molecule has 1 aromatic rings. The van der Waals surface area contributed by atoms with E-state index >= 15 is 0 Å². The highest BCUT2D eigenvalue weighted by Gasteiger charge is 2.20. The minimum Gasteiger partial charge on any atom is -0.395 e. The third-order valence-corrected chi connectivity index (χ3v) is 4.50. The van der Waals surface area contributed by atoms with E-state index in [1.807, 2.05) is 13.0 Å². The molecule has 1 saturated carbocycles. The van der Waals surface area contributed by atoms with E-state index in [1.54, 1.807) is 0 Å². The lowest BCUT2D eigenvalue weighted by Gasteiger charge is -2.02. The van der Waals surface area contributed by atoms with Crippen LogP contribution in [0.1, 0.15) is 52.2 Å². The summed E-state index contributed by atoms with van der Waals surface area (Å²) in [4.78, 5) is 13.7. The lowest BCUT2D eigenvalue weighted by molar-refractivity contribution is 0.0957. The summed E-state index contributed by atoms with van der Waals surface area (Å²) in [6, 6.07) is 1.89. The number of nitrogens with one attached hydrogen (secondary N) is 1. The molecule has 20 heavy (non-hydrogen) atoms. The van der Waals surface area contributed by atoms with E-state index < -0.39 is 0 Å². The van der Waals surface area contributed by atoms with Crippen LogP contribution in [0, 0.1) is 24.7 Å². The molecule has 0 unspecified atom stereocenters. The molecule has 0 aliphatic heterocycles. The smallest absolute Gasteiger partial charge is 0.261 e. The molecule has 1 aliphatic carbocycles. The Bertz CT molecular complexity index is 520. The fourth-order valence-electron chi connectivity index (χ4n) is 2.00. The van der Waals surface area contributed by atoms with E-state index in [1.165, 1.54) is 30.6 Å². The molecule has 0 bridgehead atoms. The summed E-state index contributed by atoms with van der Waals surface area (Å²) in [5.74, 6) is 6.83. The van der Waals surface area contributed by atoms with Crippen LogP contribution in [0.4, 0.5) is 0 Å². The zero-order valence-corrected chi connectivity index (χ0v) is 12.7. The van der Waals surface area contributed by atoms with Crippen molar-refractivity contribution in [1.29, 1.82) is 0 Å². The normalized spacial score (nSPS) is 13.7. The Morgan fingerprint density at radius 3 is 3.05 bits per heavy atom. The van der Waals surface area contributed by atoms with Gasteiger partial charge in [-0.25, -0.2) is 0 Å². The van der Waals surface area contributed by atoms with Crippen LogP contribution in [0.2, 0.25) is 0 Å². The number of rotatable bonds is 6. The van der Waals surface area contributed by atoms with Crippen molar-refractivity contribution in [2.45, 2.75) is 39.0 Å². The number of amides is 1. The van der Waals surface area contributed by atoms with E-state index in [-0.39, 0.29) is 12.5 Å². The van der Waals surface area contributed by atoms with Gasteiger partial charge in [0.25, 0.3) is 5.91 Å². The van der Waals surface area contributed by atoms with Crippen molar-refractivity contribution in [2.75, 3.05) is 13.2 Å². The van der Waals surface area contributed by atoms with Crippen molar-refractivity contribution in [3.05, 3.63) is 21.4 Å². The van der Waals surface area contributed by atoms with E-state index in [0.717, 1.165) is 34.2 Å². The maximum atomic E-state index is 12.0. The zero-order valence-electron chi connectivity index (χ0n) is 11.9. The second kappa shape index (κ2) is 7.47. The highest BCUT2D eigenvalue weighted by Crippen LogP contribution is 2.33. The van der Waals surface area contributed by atoms with E-state index in [0.29, 0.717) is 6.42 Å². The first-order valence-electron chi connectivity index (χ1n) is 7.19. The van der Waals surface area contributed by atoms with Crippen molar-refractivity contribution in [3.63, 3.8) is 0 Å². The molecule has 0 spiro atoms. The Labute approximate surface area is 124 Å². The van der Waals surface area contributed by atoms with Crippen LogP contribution in [-0.2, 0) is 0 Å². The van der Waals surface area contributed by atoms with Gasteiger partial charge in [-0.05, 0) is 37.3 Å². The van der Waals surface area contributed by atoms with E-state index in [9.17, 15) is 4.79 Å². The number of carbonyl (C=O) groups excluding carboxylic acids is 1. The van der Waals surface area contributed by atoms with Crippen molar-refractivity contribution in [3.8, 4) is 11.8 Å². The first-order chi connectivity index (χ1) is 9.70. The number of hydrogen-bond donors (Lipinski definition) is 2. The average molecular weight is 291 g/mol. The molecule has 2 N–H and O–H groups in total. The van der Waals surface area contributed by atoms with Gasteiger partial charge >= 0.3 is 0 Å². The number of aliphatic hydroxyl groups excluding tert-OH is 1. The van der Waals surface area contributed by atoms with Crippen LogP contribution in [0.3, 0.4) is 0 Å². The monoisotopic (exact) mass is 291 g/mol. The summed E-state index contributed by atoms with van der Waals surface area (Å²) >= 11 is 1.43. The standard InChI is InChI=1S/C16H21NO2S/c1-12-11-15(20-14(12)6-2-3-10-18)16(19)17-9-4-5-13-7-8-13/h11,13,18H,3-5,7-10H2,1H3,(H,17,19). The lowest BCUT2D eigenvalue weighted by atomic mass is 10.2. The van der Waals surface area contributed by atoms with Gasteiger partial charge in [-0.3, -0.25) is 4.79 Å². The first kappa shape index (κ1) is 15.1. The molecule has 0 aromatic carbocycles. The number of thiophene rings is 1. The molecule has 1 amide bonds. The Balaban J connectivity index is 1.82. The first-order valence-corrected chi connectivity index (χ1v) is 8.00. The largest absolute Gasteiger partial charge is 0.395 e. The molecule has 0 atom stereocenters. The van der Waals surface area contributed by atoms with Crippen LogP contribution in [0.25, 0.3) is 0 Å². The molecule has 4 heteroatoms. The van der Waals surface area contributed by atoms with Gasteiger partial charge < -0.3 is 10.4 Å². The predicted octanol–water partition coefficient (Wildman–Crippen LogP) is 2.71. The van der Waals surface area contributed by atoms with Gasteiger partial charge in [0.1, 0.15) is 0 Å². The van der Waals surface area contributed by atoms with Gasteiger partial charge in [0.05, 0.1) is 16.4 Å². The van der Waals surface area contributed by atoms with Crippen LogP contribution < -0.4 is 5.32 Å². The second-order valence-corrected chi connectivity index (χ2v) is 6.29. The number of aryl methyl sites for hydroxylation is 1. The maximum Gasteiger partial charge on any atom is 0.261 e. The predicted molar refractivity (Wildman–Crippen MR) is 81.9 cm³/mol. The van der Waals surface area contributed by atoms with Crippen LogP contribution in [-0.4, -0.2) is 24.2 Å². The molecule has 0 saturated heterocycles. The third-order valence-electron chi connectivity index (χ3n) is 3.35. The van der Waals surface area contributed by atoms with Crippen molar-refractivity contribution >= 4 is 17.2 Å². The minimum absolute atomic E-state index is 0.00380. The van der Waals surface area contributed by atoms with Crippen molar-refractivity contribution in [1.82, 2.24) is 5.32 Å². The Morgan fingerprint density at radius 2 is 2.35 bits per heavy atom. The summed E-state index contributed by atoms with van der Waals surface area (Å²) in [6.45, 7) is 2.80. The Kier molecular flexibility index (Phi) is 5.63. The van der Waals surface area contributed by atoms with Crippen LogP contribution in [0.15, 0.2) is 6.07 Å². The van der Waals surface area contributed by atoms with Crippen molar-refractivity contribution in [2.24, 2.45) is 5.92 Å².